The van der Waals surface area contributed by atoms with E-state index in [9.17, 15) is 5.11 Å². The van der Waals surface area contributed by atoms with E-state index in [0.29, 0.717) is 0 Å². The maximum Gasteiger partial charge on any atom is 0.0847 e. The van der Waals surface area contributed by atoms with Crippen molar-refractivity contribution in [3.8, 4) is 0 Å². The molecule has 8 heavy (non-hydrogen) atoms. The molecule has 0 saturated carbocycles. The van der Waals surface area contributed by atoms with E-state index in [2.05, 4.69) is 4.74 Å². The lowest BCUT2D eigenvalue weighted by molar-refractivity contribution is 0.0380. The summed E-state index contributed by atoms with van der Waals surface area (Å²) >= 11 is 0. The van der Waals surface area contributed by atoms with Crippen molar-refractivity contribution >= 4 is 0 Å². The summed E-state index contributed by atoms with van der Waals surface area (Å²) in [4.78, 5) is 0. The van der Waals surface area contributed by atoms with Crippen LogP contribution in [0.2, 0.25) is 0 Å². The molecule has 49 valence electrons. The van der Waals surface area contributed by atoms with Crippen LogP contribution >= 0.6 is 0 Å². The van der Waals surface area contributed by atoms with E-state index in [-0.39, 0.29) is 19.6 Å². The molecule has 0 aromatic rings. The minimum atomic E-state index is -0.572. The summed E-state index contributed by atoms with van der Waals surface area (Å²) in [5.41, 5.74) is 0. The number of ether oxygens (including phenoxy) is 1. The largest absolute Gasteiger partial charge is 0.391 e. The summed E-state index contributed by atoms with van der Waals surface area (Å²) in [7, 11) is 1.49. The molecule has 0 spiro atoms. The molecule has 0 fully saturated rings. The van der Waals surface area contributed by atoms with Gasteiger partial charge in [0.15, 0.2) is 0 Å². The molecule has 0 amide bonds. The zero-order chi connectivity index (χ0) is 6.41. The van der Waals surface area contributed by atoms with Gasteiger partial charge in [-0.3, -0.25) is 0 Å². The van der Waals surface area contributed by atoms with E-state index < -0.39 is 6.10 Å². The van der Waals surface area contributed by atoms with Gasteiger partial charge in [-0.2, -0.15) is 0 Å². The third-order valence-electron chi connectivity index (χ3n) is 0.810. The predicted octanol–water partition coefficient (Wildman–Crippen LogP) is -0.186. The van der Waals surface area contributed by atoms with Crippen molar-refractivity contribution in [1.82, 2.24) is 0 Å². The SMILES string of the molecule is COCC(O)CC[O]. The standard InChI is InChI=1S/C5H11O3/c1-8-4-5(7)2-3-6/h5,7H,2-4H2,1H3. The second kappa shape index (κ2) is 5.03. The molecule has 1 atom stereocenters. The smallest absolute Gasteiger partial charge is 0.0847 e. The average molecular weight is 119 g/mol. The van der Waals surface area contributed by atoms with Crippen LogP contribution in [0.15, 0.2) is 0 Å². The van der Waals surface area contributed by atoms with Gasteiger partial charge in [-0.15, -0.1) is 0 Å². The molecule has 0 aliphatic heterocycles. The minimum absolute atomic E-state index is 0.232. The Balaban J connectivity index is 2.92. The highest BCUT2D eigenvalue weighted by Crippen LogP contribution is 1.88. The van der Waals surface area contributed by atoms with Gasteiger partial charge in [-0.05, 0) is 0 Å². The molecule has 0 heterocycles. The maximum absolute atomic E-state index is 9.80. The molecule has 0 aromatic heterocycles. The second-order valence-corrected chi connectivity index (χ2v) is 1.60. The highest BCUT2D eigenvalue weighted by Gasteiger charge is 1.99. The van der Waals surface area contributed by atoms with E-state index in [4.69, 9.17) is 5.11 Å². The Labute approximate surface area is 48.9 Å². The Morgan fingerprint density at radius 2 is 2.38 bits per heavy atom. The van der Waals surface area contributed by atoms with Crippen molar-refractivity contribution in [2.75, 3.05) is 20.3 Å². The Hall–Kier alpha value is -0.120. The summed E-state index contributed by atoms with van der Waals surface area (Å²) in [6.07, 6.45) is -0.286. The van der Waals surface area contributed by atoms with E-state index in [1.165, 1.54) is 7.11 Å². The summed E-state index contributed by atoms with van der Waals surface area (Å²) in [5.74, 6) is 0. The van der Waals surface area contributed by atoms with E-state index in [0.717, 1.165) is 0 Å². The number of aliphatic hydroxyl groups is 1. The Kier molecular flexibility index (Phi) is 4.95. The summed E-state index contributed by atoms with van der Waals surface area (Å²) < 4.78 is 4.57. The molecule has 1 radical (unpaired) electrons. The van der Waals surface area contributed by atoms with Crippen molar-refractivity contribution in [3.05, 3.63) is 0 Å². The van der Waals surface area contributed by atoms with Gasteiger partial charge in [0.1, 0.15) is 0 Å². The fourth-order valence-electron chi connectivity index (χ4n) is 0.412. The number of rotatable bonds is 4. The van der Waals surface area contributed by atoms with Crippen LogP contribution in [-0.4, -0.2) is 31.5 Å². The molecule has 0 bridgehead atoms. The molecule has 1 N–H and O–H groups in total. The van der Waals surface area contributed by atoms with Crippen LogP contribution in [0.1, 0.15) is 6.42 Å². The lowest BCUT2D eigenvalue weighted by atomic mass is 10.3. The van der Waals surface area contributed by atoms with E-state index in [1.807, 2.05) is 0 Å². The average Bonchev–Trinajstić information content (AvgIpc) is 1.68. The summed E-state index contributed by atoms with van der Waals surface area (Å²) in [6, 6.07) is 0. The van der Waals surface area contributed by atoms with Gasteiger partial charge in [-0.1, -0.05) is 0 Å². The fraction of sp³-hybridized carbons (Fsp3) is 1.00. The number of hydrogen-bond acceptors (Lipinski definition) is 2. The molecule has 0 saturated heterocycles. The lowest BCUT2D eigenvalue weighted by Crippen LogP contribution is -2.14. The van der Waals surface area contributed by atoms with Crippen LogP contribution in [0.3, 0.4) is 0 Å². The molecule has 0 aromatic carbocycles. The van der Waals surface area contributed by atoms with Crippen LogP contribution in [0.4, 0.5) is 0 Å². The molecule has 3 nitrogen and oxygen atoms in total. The van der Waals surface area contributed by atoms with Gasteiger partial charge in [0.25, 0.3) is 0 Å². The van der Waals surface area contributed by atoms with E-state index in [1.54, 1.807) is 0 Å². The normalized spacial score (nSPS) is 13.9. The molecule has 3 heteroatoms. The monoisotopic (exact) mass is 119 g/mol. The molecule has 1 unspecified atom stereocenters. The van der Waals surface area contributed by atoms with Crippen molar-refractivity contribution in [2.45, 2.75) is 12.5 Å². The van der Waals surface area contributed by atoms with Crippen LogP contribution < -0.4 is 0 Å². The van der Waals surface area contributed by atoms with Gasteiger partial charge in [0.2, 0.25) is 0 Å². The Morgan fingerprint density at radius 3 is 2.75 bits per heavy atom. The number of methoxy groups -OCH3 is 1. The first-order valence-electron chi connectivity index (χ1n) is 2.56. The second-order valence-electron chi connectivity index (χ2n) is 1.60. The fourth-order valence-corrected chi connectivity index (χ4v) is 0.412. The summed E-state index contributed by atoms with van der Waals surface area (Å²) in [5, 5.41) is 18.5. The van der Waals surface area contributed by atoms with Gasteiger partial charge in [-0.25, -0.2) is 5.11 Å². The first kappa shape index (κ1) is 7.88. The van der Waals surface area contributed by atoms with Crippen LogP contribution in [0, 0.1) is 0 Å². The van der Waals surface area contributed by atoms with Crippen LogP contribution in [-0.2, 0) is 9.84 Å². The lowest BCUT2D eigenvalue weighted by Gasteiger charge is -2.04. The number of hydrogen-bond donors (Lipinski definition) is 1. The molecular formula is C5H11O3. The van der Waals surface area contributed by atoms with Crippen LogP contribution in [0.5, 0.6) is 0 Å². The van der Waals surface area contributed by atoms with Gasteiger partial charge < -0.3 is 9.84 Å². The maximum atomic E-state index is 9.80. The quantitative estimate of drug-likeness (QED) is 0.557. The first-order valence-corrected chi connectivity index (χ1v) is 2.56. The van der Waals surface area contributed by atoms with Crippen molar-refractivity contribution in [3.63, 3.8) is 0 Å². The van der Waals surface area contributed by atoms with Crippen molar-refractivity contribution < 1.29 is 14.9 Å². The van der Waals surface area contributed by atoms with Crippen molar-refractivity contribution in [2.24, 2.45) is 0 Å². The molecule has 0 aliphatic rings. The third kappa shape index (κ3) is 4.05. The molecular weight excluding hydrogens is 108 g/mol. The topological polar surface area (TPSA) is 49.4 Å². The number of aliphatic hydroxyl groups excluding tert-OH is 1. The molecule has 0 aliphatic carbocycles. The molecule has 0 rings (SSSR count). The highest BCUT2D eigenvalue weighted by molar-refractivity contribution is 4.49. The van der Waals surface area contributed by atoms with Crippen LogP contribution in [0.25, 0.3) is 0 Å². The Morgan fingerprint density at radius 1 is 1.75 bits per heavy atom. The summed E-state index contributed by atoms with van der Waals surface area (Å²) in [6.45, 7) is 0.0345. The van der Waals surface area contributed by atoms with Gasteiger partial charge in [0, 0.05) is 13.5 Å². The zero-order valence-electron chi connectivity index (χ0n) is 4.96. The van der Waals surface area contributed by atoms with Gasteiger partial charge >= 0.3 is 0 Å². The first-order chi connectivity index (χ1) is 3.81. The highest BCUT2D eigenvalue weighted by atomic mass is 16.5. The predicted molar refractivity (Wildman–Crippen MR) is 28.1 cm³/mol. The van der Waals surface area contributed by atoms with Crippen molar-refractivity contribution in [1.29, 1.82) is 0 Å². The van der Waals surface area contributed by atoms with E-state index >= 15 is 0 Å². The zero-order valence-corrected chi connectivity index (χ0v) is 4.96. The third-order valence-corrected chi connectivity index (χ3v) is 0.810. The van der Waals surface area contributed by atoms with Gasteiger partial charge in [0.05, 0.1) is 19.3 Å². The Bertz CT molecular complexity index is 40.9. The minimum Gasteiger partial charge on any atom is -0.391 e.